The highest BCUT2D eigenvalue weighted by Crippen LogP contribution is 2.28. The third kappa shape index (κ3) is 6.21. The molecule has 1 N–H and O–H groups in total. The van der Waals surface area contributed by atoms with Crippen molar-refractivity contribution in [2.24, 2.45) is 0 Å². The van der Waals surface area contributed by atoms with Crippen molar-refractivity contribution in [2.75, 3.05) is 17.1 Å². The van der Waals surface area contributed by atoms with Gasteiger partial charge < -0.3 is 5.32 Å². The molecule has 0 heterocycles. The summed E-state index contributed by atoms with van der Waals surface area (Å²) in [4.78, 5) is 12.4. The summed E-state index contributed by atoms with van der Waals surface area (Å²) in [5, 5.41) is 3.50. The number of halogens is 1. The first kappa shape index (κ1) is 23.2. The Bertz CT molecular complexity index is 990. The highest BCUT2D eigenvalue weighted by atomic mass is 35.5. The fourth-order valence-corrected chi connectivity index (χ4v) is 4.33. The number of hydrogen-bond donors (Lipinski definition) is 1. The van der Waals surface area contributed by atoms with Crippen LogP contribution in [0, 0.1) is 20.8 Å². The van der Waals surface area contributed by atoms with E-state index in [9.17, 15) is 13.2 Å². The molecule has 2 aromatic carbocycles. The van der Waals surface area contributed by atoms with Crippen LogP contribution in [0.2, 0.25) is 5.02 Å². The number of anilines is 1. The van der Waals surface area contributed by atoms with Crippen LogP contribution in [-0.2, 0) is 14.8 Å². The number of amides is 1. The van der Waals surface area contributed by atoms with Gasteiger partial charge in [-0.15, -0.1) is 0 Å². The molecule has 2 aromatic rings. The molecule has 0 fully saturated rings. The predicted molar refractivity (Wildman–Crippen MR) is 120 cm³/mol. The van der Waals surface area contributed by atoms with Crippen molar-refractivity contribution in [2.45, 2.75) is 46.6 Å². The van der Waals surface area contributed by atoms with Crippen molar-refractivity contribution in [3.63, 3.8) is 0 Å². The SMILES string of the molecule is Cc1ccc(C(C)NC(=O)CCCN(c2cccc(Cl)c2C)S(C)(=O)=O)cc1C. The van der Waals surface area contributed by atoms with Gasteiger partial charge in [0.15, 0.2) is 0 Å². The Morgan fingerprint density at radius 3 is 2.45 bits per heavy atom. The van der Waals surface area contributed by atoms with Crippen LogP contribution in [0.4, 0.5) is 5.69 Å². The van der Waals surface area contributed by atoms with Gasteiger partial charge in [0.25, 0.3) is 0 Å². The molecule has 1 amide bonds. The van der Waals surface area contributed by atoms with Gasteiger partial charge in [-0.2, -0.15) is 0 Å². The summed E-state index contributed by atoms with van der Waals surface area (Å²) in [5.74, 6) is -0.105. The maximum Gasteiger partial charge on any atom is 0.232 e. The van der Waals surface area contributed by atoms with Crippen LogP contribution >= 0.6 is 11.6 Å². The normalized spacial score (nSPS) is 12.5. The summed E-state index contributed by atoms with van der Waals surface area (Å²) in [5.41, 5.74) is 4.69. The fourth-order valence-electron chi connectivity index (χ4n) is 3.15. The molecular formula is C22H29ClN2O3S. The Balaban J connectivity index is 1.99. The summed E-state index contributed by atoms with van der Waals surface area (Å²) in [6.45, 7) is 8.04. The zero-order chi connectivity index (χ0) is 21.8. The summed E-state index contributed by atoms with van der Waals surface area (Å²) in [7, 11) is -3.49. The molecule has 0 saturated heterocycles. The van der Waals surface area contributed by atoms with Crippen LogP contribution in [0.3, 0.4) is 0 Å². The third-order valence-electron chi connectivity index (χ3n) is 5.08. The van der Waals surface area contributed by atoms with Gasteiger partial charge in [-0.25, -0.2) is 8.42 Å². The maximum atomic E-state index is 12.4. The standard InChI is InChI=1S/C22H29ClN2O3S/c1-15-11-12-19(14-16(15)2)18(4)24-22(26)10-7-13-25(29(5,27)28)21-9-6-8-20(23)17(21)3/h6,8-9,11-12,14,18H,7,10,13H2,1-5H3,(H,24,26). The second kappa shape index (κ2) is 9.63. The number of benzene rings is 2. The molecule has 1 atom stereocenters. The van der Waals surface area contributed by atoms with E-state index >= 15 is 0 Å². The van der Waals surface area contributed by atoms with E-state index in [-0.39, 0.29) is 24.9 Å². The van der Waals surface area contributed by atoms with Crippen LogP contribution in [0.25, 0.3) is 0 Å². The molecule has 0 aliphatic heterocycles. The lowest BCUT2D eigenvalue weighted by molar-refractivity contribution is -0.121. The Hall–Kier alpha value is -2.05. The van der Waals surface area contributed by atoms with E-state index in [1.54, 1.807) is 25.1 Å². The largest absolute Gasteiger partial charge is 0.350 e. The van der Waals surface area contributed by atoms with E-state index in [0.29, 0.717) is 22.7 Å². The zero-order valence-electron chi connectivity index (χ0n) is 17.6. The van der Waals surface area contributed by atoms with Gasteiger partial charge >= 0.3 is 0 Å². The number of hydrogen-bond acceptors (Lipinski definition) is 3. The minimum Gasteiger partial charge on any atom is -0.350 e. The minimum atomic E-state index is -3.49. The van der Waals surface area contributed by atoms with Gasteiger partial charge in [0, 0.05) is 18.0 Å². The van der Waals surface area contributed by atoms with Crippen LogP contribution < -0.4 is 9.62 Å². The van der Waals surface area contributed by atoms with Gasteiger partial charge in [-0.3, -0.25) is 9.10 Å². The number of carbonyl (C=O) groups excluding carboxylic acids is 1. The van der Waals surface area contributed by atoms with Gasteiger partial charge in [-0.05, 0) is 68.5 Å². The highest BCUT2D eigenvalue weighted by molar-refractivity contribution is 7.92. The Morgan fingerprint density at radius 2 is 1.83 bits per heavy atom. The summed E-state index contributed by atoms with van der Waals surface area (Å²) < 4.78 is 25.9. The first-order valence-corrected chi connectivity index (χ1v) is 11.8. The van der Waals surface area contributed by atoms with E-state index in [1.807, 2.05) is 26.0 Å². The van der Waals surface area contributed by atoms with Crippen molar-refractivity contribution in [1.29, 1.82) is 0 Å². The van der Waals surface area contributed by atoms with E-state index in [4.69, 9.17) is 11.6 Å². The lowest BCUT2D eigenvalue weighted by Crippen LogP contribution is -2.33. The molecule has 0 aromatic heterocycles. The molecule has 0 spiro atoms. The smallest absolute Gasteiger partial charge is 0.232 e. The molecular weight excluding hydrogens is 408 g/mol. The summed E-state index contributed by atoms with van der Waals surface area (Å²) >= 11 is 6.14. The predicted octanol–water partition coefficient (Wildman–Crippen LogP) is 4.69. The zero-order valence-corrected chi connectivity index (χ0v) is 19.2. The molecule has 5 nitrogen and oxygen atoms in total. The number of nitrogens with one attached hydrogen (secondary N) is 1. The second-order valence-corrected chi connectivity index (χ2v) is 9.77. The number of sulfonamides is 1. The van der Waals surface area contributed by atoms with Crippen LogP contribution in [0.1, 0.15) is 48.1 Å². The third-order valence-corrected chi connectivity index (χ3v) is 6.67. The number of nitrogens with zero attached hydrogens (tertiary/aromatic N) is 1. The molecule has 2 rings (SSSR count). The van der Waals surface area contributed by atoms with Crippen molar-refractivity contribution in [1.82, 2.24) is 5.32 Å². The van der Waals surface area contributed by atoms with Crippen LogP contribution in [-0.4, -0.2) is 27.1 Å². The molecule has 0 radical (unpaired) electrons. The number of rotatable bonds is 8. The van der Waals surface area contributed by atoms with Gasteiger partial charge in [0.2, 0.25) is 15.9 Å². The number of aryl methyl sites for hydroxylation is 2. The van der Waals surface area contributed by atoms with Crippen molar-refractivity contribution in [3.05, 3.63) is 63.7 Å². The fraction of sp³-hybridized carbons (Fsp3) is 0.409. The number of carbonyl (C=O) groups is 1. The van der Waals surface area contributed by atoms with E-state index in [0.717, 1.165) is 11.8 Å². The average Bonchev–Trinajstić information content (AvgIpc) is 2.63. The topological polar surface area (TPSA) is 66.5 Å². The van der Waals surface area contributed by atoms with E-state index in [2.05, 4.69) is 18.3 Å². The molecule has 0 aliphatic carbocycles. The molecule has 1 unspecified atom stereocenters. The lowest BCUT2D eigenvalue weighted by atomic mass is 10.0. The lowest BCUT2D eigenvalue weighted by Gasteiger charge is -2.24. The average molecular weight is 437 g/mol. The van der Waals surface area contributed by atoms with Gasteiger partial charge in [0.05, 0.1) is 18.0 Å². The Kier molecular flexibility index (Phi) is 7.72. The summed E-state index contributed by atoms with van der Waals surface area (Å²) in [6.07, 6.45) is 1.81. The Morgan fingerprint density at radius 1 is 1.14 bits per heavy atom. The van der Waals surface area contributed by atoms with Crippen molar-refractivity contribution >= 4 is 33.2 Å². The van der Waals surface area contributed by atoms with Gasteiger partial charge in [-0.1, -0.05) is 35.9 Å². The molecule has 7 heteroatoms. The van der Waals surface area contributed by atoms with E-state index in [1.165, 1.54) is 15.4 Å². The minimum absolute atomic E-state index is 0.105. The maximum absolute atomic E-state index is 12.4. The molecule has 0 bridgehead atoms. The van der Waals surface area contributed by atoms with Crippen molar-refractivity contribution < 1.29 is 13.2 Å². The Labute approximate surface area is 179 Å². The van der Waals surface area contributed by atoms with Crippen LogP contribution in [0.15, 0.2) is 36.4 Å². The monoisotopic (exact) mass is 436 g/mol. The molecule has 0 saturated carbocycles. The molecule has 0 aliphatic rings. The first-order chi connectivity index (χ1) is 13.5. The first-order valence-electron chi connectivity index (χ1n) is 9.60. The van der Waals surface area contributed by atoms with Crippen molar-refractivity contribution in [3.8, 4) is 0 Å². The quantitative estimate of drug-likeness (QED) is 0.652. The second-order valence-electron chi connectivity index (χ2n) is 7.46. The highest BCUT2D eigenvalue weighted by Gasteiger charge is 2.20. The van der Waals surface area contributed by atoms with Gasteiger partial charge in [0.1, 0.15) is 0 Å². The summed E-state index contributed by atoms with van der Waals surface area (Å²) in [6, 6.07) is 11.2. The van der Waals surface area contributed by atoms with E-state index < -0.39 is 10.0 Å². The molecule has 158 valence electrons. The molecule has 29 heavy (non-hydrogen) atoms. The van der Waals surface area contributed by atoms with Crippen LogP contribution in [0.5, 0.6) is 0 Å².